The van der Waals surface area contributed by atoms with Crippen LogP contribution in [0.4, 0.5) is 36.4 Å². The van der Waals surface area contributed by atoms with Crippen molar-refractivity contribution in [1.82, 2.24) is 4.90 Å². The predicted molar refractivity (Wildman–Crippen MR) is 161 cm³/mol. The maximum Gasteiger partial charge on any atom is 0.416 e. The number of anilines is 1. The van der Waals surface area contributed by atoms with Gasteiger partial charge in [0.15, 0.2) is 0 Å². The summed E-state index contributed by atoms with van der Waals surface area (Å²) >= 11 is 1.23. The molecule has 1 aliphatic rings. The van der Waals surface area contributed by atoms with Crippen LogP contribution in [0.25, 0.3) is 10.4 Å². The lowest BCUT2D eigenvalue weighted by Gasteiger charge is -2.32. The van der Waals surface area contributed by atoms with Crippen LogP contribution in [0.5, 0.6) is 0 Å². The highest BCUT2D eigenvalue weighted by molar-refractivity contribution is 7.16. The van der Waals surface area contributed by atoms with Crippen LogP contribution < -0.4 is 4.90 Å². The number of hydrogen-bond acceptors (Lipinski definition) is 4. The van der Waals surface area contributed by atoms with Gasteiger partial charge >= 0.3 is 12.4 Å². The molecule has 1 aromatic heterocycles. The molecule has 1 saturated heterocycles. The van der Waals surface area contributed by atoms with Crippen molar-refractivity contribution in [3.63, 3.8) is 0 Å². The topological polar surface area (TPSA) is 64.4 Å². The average molecular weight is 668 g/mol. The van der Waals surface area contributed by atoms with Gasteiger partial charge in [0.2, 0.25) is 11.8 Å². The number of carbonyl (C=O) groups is 2. The van der Waals surface area contributed by atoms with E-state index >= 15 is 0 Å². The van der Waals surface area contributed by atoms with Crippen LogP contribution in [0.1, 0.15) is 66.3 Å². The molecule has 0 aliphatic carbocycles. The molecule has 0 N–H and O–H groups in total. The number of alkyl halides is 6. The number of carbonyl (C=O) groups excluding carboxylic acids is 2. The Labute approximate surface area is 266 Å². The minimum atomic E-state index is -5.11. The molecule has 0 atom stereocenters. The fourth-order valence-corrected chi connectivity index (χ4v) is 7.27. The van der Waals surface area contributed by atoms with Gasteiger partial charge in [-0.3, -0.25) is 9.59 Å². The second-order valence-corrected chi connectivity index (χ2v) is 13.2. The third kappa shape index (κ3) is 7.07. The van der Waals surface area contributed by atoms with E-state index in [2.05, 4.69) is 6.07 Å². The molecule has 0 radical (unpaired) electrons. The smallest absolute Gasteiger partial charge is 0.343 e. The molecule has 1 aliphatic heterocycles. The number of nitriles is 1. The summed E-state index contributed by atoms with van der Waals surface area (Å²) in [6.45, 7) is 6.70. The predicted octanol–water partition coefficient (Wildman–Crippen LogP) is 8.51. The second kappa shape index (κ2) is 12.7. The van der Waals surface area contributed by atoms with Gasteiger partial charge in [0.1, 0.15) is 11.9 Å². The summed E-state index contributed by atoms with van der Waals surface area (Å²) in [5.74, 6) is -1.28. The Kier molecular flexibility index (Phi) is 9.65. The lowest BCUT2D eigenvalue weighted by molar-refractivity contribution is -0.143. The summed E-state index contributed by atoms with van der Waals surface area (Å²) in [4.78, 5) is 29.8. The Morgan fingerprint density at radius 3 is 2.00 bits per heavy atom. The van der Waals surface area contributed by atoms with Crippen LogP contribution in [0.15, 0.2) is 36.4 Å². The molecular formula is C33H32F7N3O2S. The number of piperidine rings is 1. The Hall–Kier alpha value is -3.92. The van der Waals surface area contributed by atoms with Gasteiger partial charge < -0.3 is 9.80 Å². The number of rotatable bonds is 6. The lowest BCUT2D eigenvalue weighted by atomic mass is 9.81. The Bertz CT molecular complexity index is 1660. The highest BCUT2D eigenvalue weighted by Crippen LogP contribution is 2.47. The van der Waals surface area contributed by atoms with Crippen molar-refractivity contribution in [2.24, 2.45) is 5.92 Å². The summed E-state index contributed by atoms with van der Waals surface area (Å²) < 4.78 is 96.1. The number of benzene rings is 2. The molecule has 3 aromatic rings. The number of likely N-dealkylation sites (N-methyl/N-ethyl adjacent to an activating group) is 1. The van der Waals surface area contributed by atoms with Gasteiger partial charge in [0.05, 0.1) is 32.7 Å². The zero-order valence-corrected chi connectivity index (χ0v) is 26.6. The van der Waals surface area contributed by atoms with Gasteiger partial charge in [0, 0.05) is 31.9 Å². The maximum atomic E-state index is 14.1. The first kappa shape index (κ1) is 34.9. The van der Waals surface area contributed by atoms with Crippen LogP contribution >= 0.6 is 11.3 Å². The van der Waals surface area contributed by atoms with Crippen molar-refractivity contribution in [2.75, 3.05) is 25.0 Å². The van der Waals surface area contributed by atoms with Crippen molar-refractivity contribution in [3.05, 3.63) is 74.9 Å². The molecule has 1 fully saturated rings. The van der Waals surface area contributed by atoms with E-state index in [1.807, 2.05) is 0 Å². The van der Waals surface area contributed by atoms with E-state index in [4.69, 9.17) is 0 Å². The Morgan fingerprint density at radius 2 is 1.52 bits per heavy atom. The summed E-state index contributed by atoms with van der Waals surface area (Å²) in [7, 11) is 1.32. The van der Waals surface area contributed by atoms with E-state index in [0.717, 1.165) is 4.90 Å². The Balaban J connectivity index is 1.83. The van der Waals surface area contributed by atoms with Crippen molar-refractivity contribution >= 4 is 28.8 Å². The quantitative estimate of drug-likeness (QED) is 0.248. The number of nitrogens with zero attached hydrogens (tertiary/aromatic N) is 3. The Morgan fingerprint density at radius 1 is 0.978 bits per heavy atom. The largest absolute Gasteiger partial charge is 0.416 e. The molecule has 13 heteroatoms. The van der Waals surface area contributed by atoms with Crippen molar-refractivity contribution in [1.29, 1.82) is 5.26 Å². The molecule has 2 amide bonds. The molecular weight excluding hydrogens is 635 g/mol. The highest BCUT2D eigenvalue weighted by atomic mass is 32.1. The first-order chi connectivity index (χ1) is 21.2. The summed E-state index contributed by atoms with van der Waals surface area (Å²) in [6, 6.07) is 7.25. The number of hydrogen-bond donors (Lipinski definition) is 0. The van der Waals surface area contributed by atoms with Crippen LogP contribution in [-0.4, -0.2) is 36.9 Å². The molecule has 0 bridgehead atoms. The van der Waals surface area contributed by atoms with Gasteiger partial charge in [-0.1, -0.05) is 6.07 Å². The van der Waals surface area contributed by atoms with E-state index in [1.165, 1.54) is 57.4 Å². The minimum Gasteiger partial charge on any atom is -0.343 e. The van der Waals surface area contributed by atoms with E-state index in [-0.39, 0.29) is 29.1 Å². The third-order valence-electron chi connectivity index (χ3n) is 8.52. The molecule has 4 rings (SSSR count). The maximum absolute atomic E-state index is 14.1. The lowest BCUT2D eigenvalue weighted by Crippen LogP contribution is -2.42. The number of thiophene rings is 1. The monoisotopic (exact) mass is 667 g/mol. The van der Waals surface area contributed by atoms with Crippen molar-refractivity contribution in [2.45, 2.75) is 64.7 Å². The SMILES string of the molecule is CC(=O)N1CCC(Cc2sc(-c3ccc(F)cc3C)c(N(C)C(=O)C(C)(C)c3cc(C(F)(F)F)cc(C(F)(F)F)c3)c2C#N)CC1. The standard InChI is InChI=1S/C33H32F7N3O2S/c1-18-12-24(34)6-7-25(18)29-28(26(17-41)27(46-29)13-20-8-10-43(11-9-20)19(2)44)42(5)30(45)31(3,4)21-14-22(32(35,36)37)16-23(15-21)33(38,39)40/h6-7,12,14-16,20H,8-11,13H2,1-5H3. The number of likely N-dealkylation sites (tertiary alicyclic amines) is 1. The molecule has 2 aromatic carbocycles. The van der Waals surface area contributed by atoms with Crippen molar-refractivity contribution < 1.29 is 40.3 Å². The number of amides is 2. The third-order valence-corrected chi connectivity index (χ3v) is 9.75. The minimum absolute atomic E-state index is 0.00300. The summed E-state index contributed by atoms with van der Waals surface area (Å²) in [6.07, 6.45) is -8.40. The molecule has 5 nitrogen and oxygen atoms in total. The molecule has 0 unspecified atom stereocenters. The van der Waals surface area contributed by atoms with Gasteiger partial charge in [-0.25, -0.2) is 4.39 Å². The fourth-order valence-electron chi connectivity index (χ4n) is 5.79. The molecule has 246 valence electrons. The zero-order valence-electron chi connectivity index (χ0n) is 25.8. The van der Waals surface area contributed by atoms with Crippen LogP contribution in [-0.2, 0) is 33.8 Å². The number of aryl methyl sites for hydroxylation is 1. The van der Waals surface area contributed by atoms with Crippen molar-refractivity contribution in [3.8, 4) is 16.5 Å². The first-order valence-corrected chi connectivity index (χ1v) is 15.2. The molecule has 0 spiro atoms. The average Bonchev–Trinajstić information content (AvgIpc) is 3.32. The second-order valence-electron chi connectivity index (χ2n) is 12.1. The fraction of sp³-hybridized carbons (Fsp3) is 0.424. The normalized spacial score (nSPS) is 14.7. The first-order valence-electron chi connectivity index (χ1n) is 14.4. The molecule has 0 saturated carbocycles. The van der Waals surface area contributed by atoms with Gasteiger partial charge in [-0.2, -0.15) is 31.6 Å². The molecule has 46 heavy (non-hydrogen) atoms. The van der Waals surface area contributed by atoms with E-state index in [9.17, 15) is 45.6 Å². The van der Waals surface area contributed by atoms with Crippen LogP contribution in [0.2, 0.25) is 0 Å². The van der Waals surface area contributed by atoms with E-state index in [1.54, 1.807) is 11.8 Å². The van der Waals surface area contributed by atoms with Gasteiger partial charge in [-0.15, -0.1) is 11.3 Å². The summed E-state index contributed by atoms with van der Waals surface area (Å²) in [5.41, 5.74) is -4.20. The van der Waals surface area contributed by atoms with Gasteiger partial charge in [0.25, 0.3) is 0 Å². The zero-order chi connectivity index (χ0) is 34.4. The van der Waals surface area contributed by atoms with E-state index < -0.39 is 46.2 Å². The van der Waals surface area contributed by atoms with Crippen LogP contribution in [0, 0.1) is 30.0 Å². The van der Waals surface area contributed by atoms with E-state index in [0.29, 0.717) is 65.4 Å². The van der Waals surface area contributed by atoms with Crippen LogP contribution in [0.3, 0.4) is 0 Å². The summed E-state index contributed by atoms with van der Waals surface area (Å²) in [5, 5.41) is 10.4. The van der Waals surface area contributed by atoms with Gasteiger partial charge in [-0.05, 0) is 93.0 Å². The highest BCUT2D eigenvalue weighted by Gasteiger charge is 2.42. The number of halogens is 7. The molecule has 2 heterocycles.